The van der Waals surface area contributed by atoms with Crippen molar-refractivity contribution < 1.29 is 4.79 Å². The van der Waals surface area contributed by atoms with Crippen molar-refractivity contribution in [2.75, 3.05) is 13.1 Å². The second kappa shape index (κ2) is 5.46. The fourth-order valence-corrected chi connectivity index (χ4v) is 2.77. The van der Waals surface area contributed by atoms with E-state index in [1.807, 2.05) is 12.1 Å². The highest BCUT2D eigenvalue weighted by Crippen LogP contribution is 2.28. The quantitative estimate of drug-likeness (QED) is 0.765. The minimum absolute atomic E-state index is 0.174. The van der Waals surface area contributed by atoms with Crippen LogP contribution in [-0.2, 0) is 0 Å². The highest BCUT2D eigenvalue weighted by atomic mass is 16.1. The van der Waals surface area contributed by atoms with E-state index in [0.717, 1.165) is 12.1 Å². The van der Waals surface area contributed by atoms with Crippen molar-refractivity contribution in [3.8, 4) is 0 Å². The van der Waals surface area contributed by atoms with E-state index < -0.39 is 0 Å². The Kier molecular flexibility index (Phi) is 4.10. The van der Waals surface area contributed by atoms with Gasteiger partial charge >= 0.3 is 0 Å². The van der Waals surface area contributed by atoms with Crippen LogP contribution in [0.1, 0.15) is 62.4 Å². The molecule has 0 atom stereocenters. The zero-order valence-electron chi connectivity index (χ0n) is 12.6. The molecule has 2 rings (SSSR count). The number of hydrogen-bond donors (Lipinski definition) is 0. The van der Waals surface area contributed by atoms with Gasteiger partial charge in [0, 0.05) is 11.1 Å². The minimum Gasteiger partial charge on any atom is -0.293 e. The van der Waals surface area contributed by atoms with E-state index in [0.29, 0.717) is 12.5 Å². The summed E-state index contributed by atoms with van der Waals surface area (Å²) in [7, 11) is 0. The first-order valence-electron chi connectivity index (χ1n) is 7.28. The molecule has 0 saturated carbocycles. The van der Waals surface area contributed by atoms with Crippen molar-refractivity contribution in [2.45, 2.75) is 52.0 Å². The van der Waals surface area contributed by atoms with Gasteiger partial charge in [-0.25, -0.2) is 0 Å². The van der Waals surface area contributed by atoms with Gasteiger partial charge in [0.15, 0.2) is 5.78 Å². The third-order valence-corrected chi connectivity index (χ3v) is 4.31. The van der Waals surface area contributed by atoms with Crippen LogP contribution in [0.15, 0.2) is 24.3 Å². The fraction of sp³-hybridized carbons (Fsp3) is 0.588. The van der Waals surface area contributed by atoms with E-state index >= 15 is 0 Å². The first kappa shape index (κ1) is 14.3. The molecule has 1 heterocycles. The molecule has 1 aliphatic rings. The SMILES string of the molecule is CC(C)c1ccc(C(=O)CN2CCCC2(C)C)cc1. The average Bonchev–Trinajstić information content (AvgIpc) is 2.69. The first-order chi connectivity index (χ1) is 8.90. The molecule has 1 aliphatic heterocycles. The number of hydrogen-bond acceptors (Lipinski definition) is 2. The number of likely N-dealkylation sites (tertiary alicyclic amines) is 1. The number of carbonyl (C=O) groups excluding carboxylic acids is 1. The Morgan fingerprint density at radius 2 is 1.89 bits per heavy atom. The number of rotatable bonds is 4. The molecule has 0 unspecified atom stereocenters. The van der Waals surface area contributed by atoms with Crippen molar-refractivity contribution in [1.29, 1.82) is 0 Å². The minimum atomic E-state index is 0.174. The molecule has 1 aromatic rings. The molecule has 0 aliphatic carbocycles. The van der Waals surface area contributed by atoms with Crippen LogP contribution in [-0.4, -0.2) is 29.3 Å². The van der Waals surface area contributed by atoms with E-state index in [1.54, 1.807) is 0 Å². The second-order valence-corrected chi connectivity index (χ2v) is 6.54. The van der Waals surface area contributed by atoms with Gasteiger partial charge in [-0.2, -0.15) is 0 Å². The maximum Gasteiger partial charge on any atom is 0.176 e. The molecule has 1 saturated heterocycles. The lowest BCUT2D eigenvalue weighted by Gasteiger charge is -2.30. The smallest absolute Gasteiger partial charge is 0.176 e. The van der Waals surface area contributed by atoms with Gasteiger partial charge in [0.05, 0.1) is 6.54 Å². The van der Waals surface area contributed by atoms with Crippen molar-refractivity contribution in [1.82, 2.24) is 4.90 Å². The van der Waals surface area contributed by atoms with Gasteiger partial charge in [-0.3, -0.25) is 9.69 Å². The van der Waals surface area contributed by atoms with Crippen LogP contribution in [0.3, 0.4) is 0 Å². The van der Waals surface area contributed by atoms with Crippen LogP contribution < -0.4 is 0 Å². The zero-order chi connectivity index (χ0) is 14.0. The number of Topliss-reactive ketones (excluding diaryl/α,β-unsaturated/α-hetero) is 1. The Morgan fingerprint density at radius 3 is 2.37 bits per heavy atom. The topological polar surface area (TPSA) is 20.3 Å². The summed E-state index contributed by atoms with van der Waals surface area (Å²) in [4.78, 5) is 14.6. The predicted octanol–water partition coefficient (Wildman–Crippen LogP) is 3.87. The summed E-state index contributed by atoms with van der Waals surface area (Å²) in [5.41, 5.74) is 2.30. The van der Waals surface area contributed by atoms with Crippen LogP contribution in [0, 0.1) is 0 Å². The van der Waals surface area contributed by atoms with E-state index in [1.165, 1.54) is 18.4 Å². The molecule has 0 aromatic heterocycles. The zero-order valence-corrected chi connectivity index (χ0v) is 12.6. The molecule has 104 valence electrons. The Hall–Kier alpha value is -1.15. The Morgan fingerprint density at radius 1 is 1.26 bits per heavy atom. The molecule has 1 fully saturated rings. The van der Waals surface area contributed by atoms with E-state index in [9.17, 15) is 4.79 Å². The largest absolute Gasteiger partial charge is 0.293 e. The van der Waals surface area contributed by atoms with Crippen LogP contribution in [0.2, 0.25) is 0 Å². The maximum atomic E-state index is 12.3. The highest BCUT2D eigenvalue weighted by Gasteiger charge is 2.32. The monoisotopic (exact) mass is 259 g/mol. The Labute approximate surface area is 116 Å². The maximum absolute atomic E-state index is 12.3. The lowest BCUT2D eigenvalue weighted by molar-refractivity contribution is 0.0871. The summed E-state index contributed by atoms with van der Waals surface area (Å²) in [6, 6.07) is 8.10. The predicted molar refractivity (Wildman–Crippen MR) is 79.7 cm³/mol. The standard InChI is InChI=1S/C17H25NO/c1-13(2)14-6-8-15(9-7-14)16(19)12-18-11-5-10-17(18,3)4/h6-9,13H,5,10-12H2,1-4H3. The molecule has 2 heteroatoms. The van der Waals surface area contributed by atoms with Gasteiger partial charge in [0.2, 0.25) is 0 Å². The molecule has 0 radical (unpaired) electrons. The number of ketones is 1. The Bertz CT molecular complexity index is 445. The molecule has 1 aromatic carbocycles. The van der Waals surface area contributed by atoms with Crippen molar-refractivity contribution in [3.63, 3.8) is 0 Å². The third kappa shape index (κ3) is 3.24. The van der Waals surface area contributed by atoms with E-state index in [4.69, 9.17) is 0 Å². The molecule has 19 heavy (non-hydrogen) atoms. The molecular formula is C17H25NO. The third-order valence-electron chi connectivity index (χ3n) is 4.31. The van der Waals surface area contributed by atoms with Crippen LogP contribution in [0.5, 0.6) is 0 Å². The summed E-state index contributed by atoms with van der Waals surface area (Å²) < 4.78 is 0. The van der Waals surface area contributed by atoms with E-state index in [-0.39, 0.29) is 11.3 Å². The summed E-state index contributed by atoms with van der Waals surface area (Å²) >= 11 is 0. The van der Waals surface area contributed by atoms with Crippen LogP contribution in [0.4, 0.5) is 0 Å². The van der Waals surface area contributed by atoms with Gasteiger partial charge in [0.1, 0.15) is 0 Å². The molecule has 0 spiro atoms. The summed E-state index contributed by atoms with van der Waals surface area (Å²) in [5, 5.41) is 0. The number of benzene rings is 1. The van der Waals surface area contributed by atoms with Crippen molar-refractivity contribution in [3.05, 3.63) is 35.4 Å². The number of carbonyl (C=O) groups is 1. The molecule has 2 nitrogen and oxygen atoms in total. The lowest BCUT2D eigenvalue weighted by atomic mass is 9.99. The normalized spacial score (nSPS) is 19.0. The van der Waals surface area contributed by atoms with Gasteiger partial charge in [0.25, 0.3) is 0 Å². The summed E-state index contributed by atoms with van der Waals surface area (Å²) in [6.45, 7) is 10.4. The molecule has 0 amide bonds. The van der Waals surface area contributed by atoms with Crippen molar-refractivity contribution in [2.24, 2.45) is 0 Å². The van der Waals surface area contributed by atoms with E-state index in [2.05, 4.69) is 44.7 Å². The van der Waals surface area contributed by atoms with Crippen LogP contribution in [0.25, 0.3) is 0 Å². The number of nitrogens with zero attached hydrogens (tertiary/aromatic N) is 1. The fourth-order valence-electron chi connectivity index (χ4n) is 2.77. The second-order valence-electron chi connectivity index (χ2n) is 6.54. The van der Waals surface area contributed by atoms with Gasteiger partial charge in [-0.05, 0) is 44.7 Å². The average molecular weight is 259 g/mol. The van der Waals surface area contributed by atoms with Gasteiger partial charge in [-0.15, -0.1) is 0 Å². The Balaban J connectivity index is 2.04. The molecule has 0 bridgehead atoms. The first-order valence-corrected chi connectivity index (χ1v) is 7.28. The molecule has 0 N–H and O–H groups in total. The summed E-state index contributed by atoms with van der Waals surface area (Å²) in [6.07, 6.45) is 2.39. The summed E-state index contributed by atoms with van der Waals surface area (Å²) in [5.74, 6) is 0.756. The van der Waals surface area contributed by atoms with Crippen LogP contribution >= 0.6 is 0 Å². The molecular weight excluding hydrogens is 234 g/mol. The highest BCUT2D eigenvalue weighted by molar-refractivity contribution is 5.97. The van der Waals surface area contributed by atoms with Crippen molar-refractivity contribution >= 4 is 5.78 Å². The van der Waals surface area contributed by atoms with Gasteiger partial charge < -0.3 is 0 Å². The van der Waals surface area contributed by atoms with Gasteiger partial charge in [-0.1, -0.05) is 38.1 Å². The lowest BCUT2D eigenvalue weighted by Crippen LogP contribution is -2.41.